The number of nitrogens with one attached hydrogen (secondary N) is 1. The summed E-state index contributed by atoms with van der Waals surface area (Å²) < 4.78 is 0. The number of anilines is 1. The number of carbonyl (C=O) groups is 2. The molecule has 1 amide bonds. The molecule has 0 radical (unpaired) electrons. The van der Waals surface area contributed by atoms with E-state index in [9.17, 15) is 14.7 Å². The summed E-state index contributed by atoms with van der Waals surface area (Å²) in [6.45, 7) is 0. The van der Waals surface area contributed by atoms with Crippen LogP contribution in [0.5, 0.6) is 0 Å². The molecular formula is C18H14N3O3S2-. The van der Waals surface area contributed by atoms with Crippen molar-refractivity contribution in [3.63, 3.8) is 0 Å². The highest BCUT2D eigenvalue weighted by atomic mass is 32.2. The molecule has 132 valence electrons. The number of carbonyl (C=O) groups excluding carboxylic acids is 2. The van der Waals surface area contributed by atoms with Crippen molar-refractivity contribution in [3.05, 3.63) is 46.6 Å². The first-order valence-electron chi connectivity index (χ1n) is 8.12. The largest absolute Gasteiger partial charge is 0.545 e. The van der Waals surface area contributed by atoms with Crippen molar-refractivity contribution >= 4 is 50.9 Å². The first-order chi connectivity index (χ1) is 12.6. The summed E-state index contributed by atoms with van der Waals surface area (Å²) in [4.78, 5) is 34.5. The number of hydrogen-bond donors (Lipinski definition) is 1. The Morgan fingerprint density at radius 2 is 2.08 bits per heavy atom. The molecule has 0 atom stereocenters. The molecule has 0 fully saturated rings. The van der Waals surface area contributed by atoms with Gasteiger partial charge in [-0.2, -0.15) is 0 Å². The minimum absolute atomic E-state index is 0.0362. The topological polar surface area (TPSA) is 95.0 Å². The van der Waals surface area contributed by atoms with Crippen molar-refractivity contribution in [2.24, 2.45) is 0 Å². The number of carboxylic acids is 1. The maximum Gasteiger partial charge on any atom is 0.234 e. The Bertz CT molecular complexity index is 1020. The molecule has 2 heterocycles. The van der Waals surface area contributed by atoms with Crippen LogP contribution in [0.15, 0.2) is 35.6 Å². The Hall–Kier alpha value is -2.45. The van der Waals surface area contributed by atoms with Gasteiger partial charge in [-0.15, -0.1) is 11.3 Å². The number of aromatic carboxylic acids is 1. The maximum absolute atomic E-state index is 12.3. The van der Waals surface area contributed by atoms with Crippen molar-refractivity contribution in [1.82, 2.24) is 9.97 Å². The minimum Gasteiger partial charge on any atom is -0.545 e. The van der Waals surface area contributed by atoms with E-state index in [2.05, 4.69) is 15.3 Å². The van der Waals surface area contributed by atoms with Gasteiger partial charge in [0.2, 0.25) is 5.91 Å². The Labute approximate surface area is 157 Å². The van der Waals surface area contributed by atoms with Crippen LogP contribution in [0.1, 0.15) is 27.2 Å². The first-order valence-corrected chi connectivity index (χ1v) is 9.92. The van der Waals surface area contributed by atoms with Crippen LogP contribution >= 0.6 is 23.1 Å². The van der Waals surface area contributed by atoms with Crippen LogP contribution < -0.4 is 10.4 Å². The third-order valence-corrected chi connectivity index (χ3v) is 6.42. The highest BCUT2D eigenvalue weighted by molar-refractivity contribution is 8.00. The van der Waals surface area contributed by atoms with Crippen LogP contribution in [0, 0.1) is 0 Å². The number of aryl methyl sites for hydroxylation is 2. The lowest BCUT2D eigenvalue weighted by molar-refractivity contribution is -0.254. The van der Waals surface area contributed by atoms with Gasteiger partial charge in [0.25, 0.3) is 0 Å². The second-order valence-corrected chi connectivity index (χ2v) is 7.93. The number of amides is 1. The molecule has 1 aliphatic carbocycles. The van der Waals surface area contributed by atoms with E-state index >= 15 is 0 Å². The molecule has 0 saturated heterocycles. The van der Waals surface area contributed by atoms with Gasteiger partial charge in [0.1, 0.15) is 16.2 Å². The van der Waals surface area contributed by atoms with Gasteiger partial charge in [0.15, 0.2) is 0 Å². The molecule has 3 aromatic rings. The summed E-state index contributed by atoms with van der Waals surface area (Å²) in [6, 6.07) is 6.20. The maximum atomic E-state index is 12.3. The summed E-state index contributed by atoms with van der Waals surface area (Å²) >= 11 is 3.05. The molecule has 0 bridgehead atoms. The fraction of sp³-hybridized carbons (Fsp3) is 0.222. The van der Waals surface area contributed by atoms with E-state index in [-0.39, 0.29) is 22.9 Å². The Morgan fingerprint density at radius 1 is 1.23 bits per heavy atom. The third-order valence-electron chi connectivity index (χ3n) is 4.23. The van der Waals surface area contributed by atoms with E-state index in [4.69, 9.17) is 0 Å². The number of rotatable bonds is 5. The monoisotopic (exact) mass is 384 g/mol. The van der Waals surface area contributed by atoms with E-state index in [1.807, 2.05) is 0 Å². The van der Waals surface area contributed by atoms with Gasteiger partial charge in [-0.3, -0.25) is 4.79 Å². The smallest absolute Gasteiger partial charge is 0.234 e. The number of thiophene rings is 1. The Morgan fingerprint density at radius 3 is 2.92 bits per heavy atom. The van der Waals surface area contributed by atoms with E-state index in [1.54, 1.807) is 29.5 Å². The lowest BCUT2D eigenvalue weighted by Crippen LogP contribution is -2.25. The lowest BCUT2D eigenvalue weighted by Gasteiger charge is -2.11. The van der Waals surface area contributed by atoms with Crippen LogP contribution in [0.25, 0.3) is 10.2 Å². The van der Waals surface area contributed by atoms with Gasteiger partial charge in [0, 0.05) is 21.5 Å². The molecule has 0 aliphatic heterocycles. The summed E-state index contributed by atoms with van der Waals surface area (Å²) in [6.07, 6.45) is 4.79. The molecule has 4 rings (SSSR count). The fourth-order valence-corrected chi connectivity index (χ4v) is 5.22. The first kappa shape index (κ1) is 17.0. The van der Waals surface area contributed by atoms with E-state index in [0.29, 0.717) is 0 Å². The number of para-hydroxylation sites is 1. The zero-order chi connectivity index (χ0) is 18.1. The van der Waals surface area contributed by atoms with E-state index in [0.717, 1.165) is 34.5 Å². The molecule has 8 heteroatoms. The average Bonchev–Trinajstić information content (AvgIpc) is 3.21. The lowest BCUT2D eigenvalue weighted by atomic mass is 10.2. The number of aromatic nitrogens is 2. The van der Waals surface area contributed by atoms with Gasteiger partial charge in [-0.25, -0.2) is 9.97 Å². The summed E-state index contributed by atoms with van der Waals surface area (Å²) in [7, 11) is 0. The molecule has 26 heavy (non-hydrogen) atoms. The molecule has 0 spiro atoms. The van der Waals surface area contributed by atoms with Gasteiger partial charge in [-0.1, -0.05) is 30.0 Å². The van der Waals surface area contributed by atoms with Gasteiger partial charge in [0.05, 0.1) is 11.7 Å². The molecule has 2 aromatic heterocycles. The fourth-order valence-electron chi connectivity index (χ4n) is 3.10. The Kier molecular flexibility index (Phi) is 4.60. The van der Waals surface area contributed by atoms with Crippen molar-refractivity contribution in [3.8, 4) is 0 Å². The highest BCUT2D eigenvalue weighted by Crippen LogP contribution is 2.39. The predicted octanol–water partition coefficient (Wildman–Crippen LogP) is 2.27. The molecule has 1 aliphatic rings. The molecular weight excluding hydrogens is 370 g/mol. The van der Waals surface area contributed by atoms with Crippen molar-refractivity contribution in [1.29, 1.82) is 0 Å². The van der Waals surface area contributed by atoms with Crippen LogP contribution in [0.3, 0.4) is 0 Å². The van der Waals surface area contributed by atoms with Crippen molar-refractivity contribution in [2.45, 2.75) is 24.3 Å². The molecule has 6 nitrogen and oxygen atoms in total. The number of carboxylic acid groups (broad SMARTS) is 1. The van der Waals surface area contributed by atoms with Crippen LogP contribution in [0.4, 0.5) is 5.69 Å². The van der Waals surface area contributed by atoms with Crippen molar-refractivity contribution in [2.75, 3.05) is 11.1 Å². The van der Waals surface area contributed by atoms with Crippen LogP contribution in [-0.2, 0) is 17.6 Å². The number of thioether (sulfide) groups is 1. The van der Waals surface area contributed by atoms with Gasteiger partial charge in [-0.05, 0) is 30.9 Å². The minimum atomic E-state index is -1.32. The number of fused-ring (bicyclic) bond motifs is 3. The van der Waals surface area contributed by atoms with E-state index in [1.165, 1.54) is 34.6 Å². The second kappa shape index (κ2) is 7.05. The van der Waals surface area contributed by atoms with Crippen molar-refractivity contribution < 1.29 is 14.7 Å². The molecule has 0 saturated carbocycles. The molecule has 1 aromatic carbocycles. The number of nitrogens with zero attached hydrogens (tertiary/aromatic N) is 2. The third kappa shape index (κ3) is 3.17. The predicted molar refractivity (Wildman–Crippen MR) is 99.6 cm³/mol. The second-order valence-electron chi connectivity index (χ2n) is 5.89. The number of hydrogen-bond acceptors (Lipinski definition) is 7. The summed E-state index contributed by atoms with van der Waals surface area (Å²) in [5.41, 5.74) is 1.52. The SMILES string of the molecule is O=C(CSc1ncnc2sc3c(c12)CCC3)Nc1ccccc1C(=O)[O-]. The molecule has 0 unspecified atom stereocenters. The quantitative estimate of drug-likeness (QED) is 0.536. The zero-order valence-electron chi connectivity index (χ0n) is 13.7. The normalized spacial score (nSPS) is 12.9. The summed E-state index contributed by atoms with van der Waals surface area (Å²) in [5.74, 6) is -1.47. The van der Waals surface area contributed by atoms with E-state index < -0.39 is 5.97 Å². The summed E-state index contributed by atoms with van der Waals surface area (Å²) in [5, 5.41) is 15.6. The zero-order valence-corrected chi connectivity index (χ0v) is 15.3. The average molecular weight is 384 g/mol. The Balaban J connectivity index is 1.51. The highest BCUT2D eigenvalue weighted by Gasteiger charge is 2.21. The van der Waals surface area contributed by atoms with Gasteiger partial charge >= 0.3 is 0 Å². The number of benzene rings is 1. The van der Waals surface area contributed by atoms with Crippen LogP contribution in [0.2, 0.25) is 0 Å². The standard InChI is InChI=1S/C18H15N3O3S2/c22-14(21-12-6-2-1-4-10(12)18(23)24)8-25-16-15-11-5-3-7-13(11)26-17(15)20-9-19-16/h1-2,4,6,9H,3,5,7-8H2,(H,21,22)(H,23,24)/p-1. The van der Waals surface area contributed by atoms with Crippen LogP contribution in [-0.4, -0.2) is 27.6 Å². The van der Waals surface area contributed by atoms with Gasteiger partial charge < -0.3 is 15.2 Å². The molecule has 1 N–H and O–H groups in total.